The molecule has 5 rings (SSSR count). The first-order valence-electron chi connectivity index (χ1n) is 11.2. The first-order chi connectivity index (χ1) is 16.7. The van der Waals surface area contributed by atoms with Crippen molar-refractivity contribution in [3.63, 3.8) is 0 Å². The Kier molecular flexibility index (Phi) is 6.28. The molecule has 0 amide bonds. The van der Waals surface area contributed by atoms with Gasteiger partial charge < -0.3 is 14.0 Å². The highest BCUT2D eigenvalue weighted by Crippen LogP contribution is 2.46. The van der Waals surface area contributed by atoms with Crippen LogP contribution in [0.15, 0.2) is 95.4 Å². The van der Waals surface area contributed by atoms with Gasteiger partial charge in [-0.15, -0.1) is 0 Å². The molecule has 170 valence electrons. The molecule has 0 atom stereocenters. The Morgan fingerprint density at radius 3 is 2.29 bits per heavy atom. The number of aldehydes is 1. The van der Waals surface area contributed by atoms with Crippen LogP contribution in [0.2, 0.25) is 0 Å². The second-order valence-corrected chi connectivity index (χ2v) is 9.13. The number of methoxy groups -OCH3 is 2. The van der Waals surface area contributed by atoms with Crippen LogP contribution in [0.1, 0.15) is 17.7 Å². The first kappa shape index (κ1) is 22.1. The largest absolute Gasteiger partial charge is 0.497 e. The van der Waals surface area contributed by atoms with E-state index in [-0.39, 0.29) is 0 Å². The number of carbonyl (C=O) groups excluding carboxylic acids is 1. The highest BCUT2D eigenvalue weighted by molar-refractivity contribution is 8.08. The number of ether oxygens (including phenoxy) is 2. The van der Waals surface area contributed by atoms with Gasteiger partial charge in [0.2, 0.25) is 0 Å². The van der Waals surface area contributed by atoms with Gasteiger partial charge in [-0.3, -0.25) is 4.79 Å². The number of aromatic nitrogens is 1. The van der Waals surface area contributed by atoms with Crippen molar-refractivity contribution >= 4 is 23.0 Å². The van der Waals surface area contributed by atoms with E-state index in [1.807, 2.05) is 36.4 Å². The van der Waals surface area contributed by atoms with Gasteiger partial charge in [0.05, 0.1) is 19.9 Å². The molecule has 0 saturated heterocycles. The molecule has 0 aliphatic heterocycles. The predicted octanol–water partition coefficient (Wildman–Crippen LogP) is 6.81. The Morgan fingerprint density at radius 1 is 0.824 bits per heavy atom. The average Bonchev–Trinajstić information content (AvgIpc) is 3.29. The van der Waals surface area contributed by atoms with E-state index in [1.54, 1.807) is 26.0 Å². The molecular formula is C29H25NO3S. The minimum absolute atomic E-state index is 0.706. The summed E-state index contributed by atoms with van der Waals surface area (Å²) in [4.78, 5) is 14.1. The number of hydrogen-bond acceptors (Lipinski definition) is 4. The molecule has 1 heterocycles. The van der Waals surface area contributed by atoms with Crippen molar-refractivity contribution in [2.75, 3.05) is 14.2 Å². The molecule has 0 saturated carbocycles. The molecule has 3 aromatic carbocycles. The van der Waals surface area contributed by atoms with Gasteiger partial charge >= 0.3 is 0 Å². The lowest BCUT2D eigenvalue weighted by Gasteiger charge is -2.21. The number of carbonyl (C=O) groups is 1. The number of fused-ring (bicyclic) bond motifs is 1. The van der Waals surface area contributed by atoms with E-state index < -0.39 is 0 Å². The van der Waals surface area contributed by atoms with E-state index in [4.69, 9.17) is 9.47 Å². The number of hydrogen-bond donors (Lipinski definition) is 0. The molecule has 1 aromatic heterocycles. The molecule has 5 heteroatoms. The third-order valence-electron chi connectivity index (χ3n) is 6.07. The fourth-order valence-electron chi connectivity index (χ4n) is 4.40. The van der Waals surface area contributed by atoms with Gasteiger partial charge in [-0.25, -0.2) is 0 Å². The summed E-state index contributed by atoms with van der Waals surface area (Å²) >= 11 is 1.62. The predicted molar refractivity (Wildman–Crippen MR) is 138 cm³/mol. The summed E-state index contributed by atoms with van der Waals surface area (Å²) in [5, 5.41) is 0. The third-order valence-corrected chi connectivity index (χ3v) is 7.25. The van der Waals surface area contributed by atoms with Gasteiger partial charge in [0.1, 0.15) is 17.8 Å². The van der Waals surface area contributed by atoms with Gasteiger partial charge in [0.25, 0.3) is 0 Å². The number of rotatable bonds is 7. The van der Waals surface area contributed by atoms with Gasteiger partial charge in [0, 0.05) is 32.3 Å². The number of thioether (sulfide) groups is 1. The molecule has 0 radical (unpaired) electrons. The number of allylic oxidation sites excluding steroid dienone is 1. The monoisotopic (exact) mass is 467 g/mol. The molecular weight excluding hydrogens is 442 g/mol. The third kappa shape index (κ3) is 4.15. The van der Waals surface area contributed by atoms with Crippen molar-refractivity contribution in [3.05, 3.63) is 102 Å². The molecule has 4 nitrogen and oxygen atoms in total. The zero-order chi connectivity index (χ0) is 23.5. The van der Waals surface area contributed by atoms with E-state index in [1.165, 1.54) is 5.69 Å². The smallest absolute Gasteiger partial charge is 0.147 e. The van der Waals surface area contributed by atoms with Crippen molar-refractivity contribution in [1.82, 2.24) is 4.57 Å². The summed E-state index contributed by atoms with van der Waals surface area (Å²) < 4.78 is 13.1. The van der Waals surface area contributed by atoms with Crippen LogP contribution in [0, 0.1) is 0 Å². The van der Waals surface area contributed by atoms with Crippen LogP contribution in [-0.4, -0.2) is 25.1 Å². The van der Waals surface area contributed by atoms with E-state index >= 15 is 0 Å². The fraction of sp³-hybridized carbons (Fsp3) is 0.138. The average molecular weight is 468 g/mol. The van der Waals surface area contributed by atoms with Gasteiger partial charge in [-0.1, -0.05) is 48.2 Å². The van der Waals surface area contributed by atoms with Crippen molar-refractivity contribution < 1.29 is 14.3 Å². The standard InChI is InChI=1S/C29H25NO3S/c1-32-23-14-12-22(13-15-23)30-27-16-11-21(19-31)29(34-25-10-6-9-24(17-25)33-2)26(27)18-28(30)20-7-4-3-5-8-20/h3-10,12-15,17-19H,11,16H2,1-2H3. The quantitative estimate of drug-likeness (QED) is 0.280. The van der Waals surface area contributed by atoms with Crippen LogP contribution in [0.3, 0.4) is 0 Å². The SMILES string of the molecule is COc1ccc(-n2c(-c3ccccc3)cc3c2CCC(C=O)=C3Sc2cccc(OC)c2)cc1. The molecule has 4 aromatic rings. The summed E-state index contributed by atoms with van der Waals surface area (Å²) in [6, 6.07) is 28.7. The number of benzene rings is 3. The topological polar surface area (TPSA) is 40.5 Å². The lowest BCUT2D eigenvalue weighted by Crippen LogP contribution is -2.09. The summed E-state index contributed by atoms with van der Waals surface area (Å²) in [5.41, 5.74) is 6.46. The van der Waals surface area contributed by atoms with Gasteiger partial charge in [-0.2, -0.15) is 0 Å². The fourth-order valence-corrected chi connectivity index (χ4v) is 5.52. The summed E-state index contributed by atoms with van der Waals surface area (Å²) in [6.07, 6.45) is 2.51. The summed E-state index contributed by atoms with van der Waals surface area (Å²) in [7, 11) is 3.34. The van der Waals surface area contributed by atoms with Gasteiger partial charge in [0.15, 0.2) is 0 Å². The summed E-state index contributed by atoms with van der Waals surface area (Å²) in [6.45, 7) is 0. The zero-order valence-electron chi connectivity index (χ0n) is 19.2. The molecule has 0 N–H and O–H groups in total. The van der Waals surface area contributed by atoms with Crippen molar-refractivity contribution in [2.45, 2.75) is 17.7 Å². The molecule has 0 unspecified atom stereocenters. The highest BCUT2D eigenvalue weighted by Gasteiger charge is 2.26. The zero-order valence-corrected chi connectivity index (χ0v) is 20.0. The molecule has 0 fully saturated rings. The van der Waals surface area contributed by atoms with Crippen LogP contribution >= 0.6 is 11.8 Å². The maximum Gasteiger partial charge on any atom is 0.147 e. The molecule has 1 aliphatic carbocycles. The minimum atomic E-state index is 0.706. The summed E-state index contributed by atoms with van der Waals surface area (Å²) in [5.74, 6) is 1.62. The maximum absolute atomic E-state index is 12.1. The van der Waals surface area contributed by atoms with Crippen molar-refractivity contribution in [1.29, 1.82) is 0 Å². The molecule has 34 heavy (non-hydrogen) atoms. The Labute approximate surface area is 203 Å². The number of nitrogens with zero attached hydrogens (tertiary/aromatic N) is 1. The van der Waals surface area contributed by atoms with Crippen LogP contribution in [0.25, 0.3) is 21.8 Å². The van der Waals surface area contributed by atoms with E-state index in [0.717, 1.165) is 62.1 Å². The van der Waals surface area contributed by atoms with Crippen LogP contribution in [0.4, 0.5) is 0 Å². The first-order valence-corrected chi connectivity index (χ1v) is 12.0. The highest BCUT2D eigenvalue weighted by atomic mass is 32.2. The van der Waals surface area contributed by atoms with Gasteiger partial charge in [-0.05, 0) is 66.9 Å². The molecule has 0 spiro atoms. The Bertz CT molecular complexity index is 1350. The second kappa shape index (κ2) is 9.65. The molecule has 0 bridgehead atoms. The van der Waals surface area contributed by atoms with E-state index in [2.05, 4.69) is 53.1 Å². The van der Waals surface area contributed by atoms with Crippen molar-refractivity contribution in [3.8, 4) is 28.4 Å². The molecule has 1 aliphatic rings. The van der Waals surface area contributed by atoms with Crippen LogP contribution in [0.5, 0.6) is 11.5 Å². The van der Waals surface area contributed by atoms with Crippen LogP contribution < -0.4 is 9.47 Å². The minimum Gasteiger partial charge on any atom is -0.497 e. The normalized spacial score (nSPS) is 12.9. The van der Waals surface area contributed by atoms with E-state index in [0.29, 0.717) is 6.42 Å². The Balaban J connectivity index is 1.69. The Hall–Kier alpha value is -3.70. The Morgan fingerprint density at radius 2 is 1.59 bits per heavy atom. The lowest BCUT2D eigenvalue weighted by atomic mass is 9.98. The van der Waals surface area contributed by atoms with Crippen molar-refractivity contribution in [2.24, 2.45) is 0 Å². The van der Waals surface area contributed by atoms with Crippen LogP contribution in [-0.2, 0) is 11.2 Å². The van der Waals surface area contributed by atoms with E-state index in [9.17, 15) is 4.79 Å². The second-order valence-electron chi connectivity index (χ2n) is 8.04. The lowest BCUT2D eigenvalue weighted by molar-refractivity contribution is -0.105. The maximum atomic E-state index is 12.1.